The number of carbonyl (C=O) groups is 4. The number of fused-ring (bicyclic) bond motifs is 2. The highest BCUT2D eigenvalue weighted by Gasteiger charge is 2.70. The van der Waals surface area contributed by atoms with Gasteiger partial charge in [-0.2, -0.15) is 0 Å². The van der Waals surface area contributed by atoms with Gasteiger partial charge in [0.25, 0.3) is 0 Å². The molecule has 1 aromatic rings. The predicted octanol–water partition coefficient (Wildman–Crippen LogP) is 2.72. The van der Waals surface area contributed by atoms with Crippen molar-refractivity contribution in [2.24, 2.45) is 28.1 Å². The summed E-state index contributed by atoms with van der Waals surface area (Å²) in [7, 11) is -2.13. The third-order valence-corrected chi connectivity index (χ3v) is 12.0. The van der Waals surface area contributed by atoms with Gasteiger partial charge in [-0.25, -0.2) is 26.3 Å². The number of alkyl halides is 2. The summed E-state index contributed by atoms with van der Waals surface area (Å²) in [4.78, 5) is 56.4. The van der Waals surface area contributed by atoms with Gasteiger partial charge in [0.2, 0.25) is 41.0 Å². The van der Waals surface area contributed by atoms with E-state index in [2.05, 4.69) is 21.3 Å². The van der Waals surface area contributed by atoms with Crippen LogP contribution in [-0.4, -0.2) is 112 Å². The zero-order valence-electron chi connectivity index (χ0n) is 32.3. The van der Waals surface area contributed by atoms with Crippen LogP contribution in [0.5, 0.6) is 11.5 Å². The van der Waals surface area contributed by atoms with Crippen molar-refractivity contribution in [1.29, 1.82) is 0 Å². The standard InChI is InChI=1S/C36H56F2N6O8S/c1-34(2,3)25(18-43(9)53(10,49)50)41-33(48)42-29(35(4,5)6)32(47)44-17-21-27(36(21,7)8)28(44)31(46)40-22(16-26(37)38)30(45)39-14-13-20-11-12-23-24(15-20)52-19-51-23/h11-12,15,21-22,25-29H,13-14,16-19H2,1-10H3,(H,39,45)(H,40,46)(H2,41,42,48)/t21-,22-,25+,27-,28-,29+/m0/s1. The molecule has 17 heteroatoms. The molecule has 14 nitrogen and oxygen atoms in total. The average molecular weight is 771 g/mol. The lowest BCUT2D eigenvalue weighted by Crippen LogP contribution is -2.62. The Labute approximate surface area is 311 Å². The van der Waals surface area contributed by atoms with Gasteiger partial charge < -0.3 is 35.6 Å². The molecular weight excluding hydrogens is 714 g/mol. The molecule has 0 radical (unpaired) electrons. The second kappa shape index (κ2) is 15.6. The smallest absolute Gasteiger partial charge is 0.315 e. The molecule has 1 aromatic carbocycles. The molecule has 4 N–H and O–H groups in total. The van der Waals surface area contributed by atoms with Crippen LogP contribution in [0.1, 0.15) is 67.4 Å². The normalized spacial score (nSPS) is 22.2. The fraction of sp³-hybridized carbons (Fsp3) is 0.722. The van der Waals surface area contributed by atoms with Crippen molar-refractivity contribution in [3.63, 3.8) is 0 Å². The lowest BCUT2D eigenvalue weighted by atomic mass is 9.85. The molecule has 2 heterocycles. The van der Waals surface area contributed by atoms with Gasteiger partial charge in [-0.15, -0.1) is 0 Å². The van der Waals surface area contributed by atoms with Crippen molar-refractivity contribution in [2.75, 3.05) is 39.7 Å². The molecule has 1 saturated carbocycles. The summed E-state index contributed by atoms with van der Waals surface area (Å²) in [6, 6.07) is 0.256. The molecule has 1 saturated heterocycles. The predicted molar refractivity (Wildman–Crippen MR) is 194 cm³/mol. The zero-order valence-corrected chi connectivity index (χ0v) is 33.2. The molecule has 5 amide bonds. The minimum atomic E-state index is -3.54. The van der Waals surface area contributed by atoms with Gasteiger partial charge in [0, 0.05) is 39.1 Å². The van der Waals surface area contributed by atoms with E-state index in [1.54, 1.807) is 32.9 Å². The van der Waals surface area contributed by atoms with Crippen LogP contribution in [0.25, 0.3) is 0 Å². The topological polar surface area (TPSA) is 175 Å². The number of carbonyl (C=O) groups excluding carboxylic acids is 4. The van der Waals surface area contributed by atoms with Crippen LogP contribution in [0, 0.1) is 28.1 Å². The van der Waals surface area contributed by atoms with E-state index in [-0.39, 0.29) is 43.7 Å². The van der Waals surface area contributed by atoms with E-state index >= 15 is 0 Å². The highest BCUT2D eigenvalue weighted by Crippen LogP contribution is 2.65. The molecule has 298 valence electrons. The number of amides is 5. The highest BCUT2D eigenvalue weighted by molar-refractivity contribution is 7.88. The number of nitrogens with one attached hydrogen (secondary N) is 4. The Balaban J connectivity index is 1.48. The number of urea groups is 1. The molecule has 0 spiro atoms. The van der Waals surface area contributed by atoms with Crippen LogP contribution in [-0.2, 0) is 30.8 Å². The molecule has 53 heavy (non-hydrogen) atoms. The first-order valence-corrected chi connectivity index (χ1v) is 19.7. The van der Waals surface area contributed by atoms with Gasteiger partial charge in [0.05, 0.1) is 6.26 Å². The monoisotopic (exact) mass is 770 g/mol. The summed E-state index contributed by atoms with van der Waals surface area (Å²) >= 11 is 0. The number of hydrogen-bond acceptors (Lipinski definition) is 8. The van der Waals surface area contributed by atoms with Gasteiger partial charge in [-0.05, 0) is 52.2 Å². The van der Waals surface area contributed by atoms with Crippen molar-refractivity contribution in [1.82, 2.24) is 30.5 Å². The molecule has 2 fully saturated rings. The van der Waals surface area contributed by atoms with Crippen LogP contribution in [0.3, 0.4) is 0 Å². The minimum Gasteiger partial charge on any atom is -0.454 e. The SMILES string of the molecule is CN(C[C@@H](NC(=O)N[C@H](C(=O)N1C[C@H]2[C@@H]([C@H]1C(=O)N[C@@H](CC(F)F)C(=O)NCCc1ccc3c(c1)OCO3)C2(C)C)C(C)(C)C)C(C)(C)C)S(C)(=O)=O. The molecule has 1 aliphatic carbocycles. The lowest BCUT2D eigenvalue weighted by Gasteiger charge is -2.39. The van der Waals surface area contributed by atoms with Gasteiger partial charge in [-0.3, -0.25) is 14.4 Å². The summed E-state index contributed by atoms with van der Waals surface area (Å²) in [6.45, 7) is 15.2. The number of nitrogens with zero attached hydrogens (tertiary/aromatic N) is 2. The van der Waals surface area contributed by atoms with Crippen LogP contribution < -0.4 is 30.7 Å². The molecule has 2 aliphatic heterocycles. The van der Waals surface area contributed by atoms with E-state index in [4.69, 9.17) is 9.47 Å². The van der Waals surface area contributed by atoms with E-state index in [0.717, 1.165) is 16.1 Å². The molecule has 6 atom stereocenters. The number of likely N-dealkylation sites (tertiary alicyclic amines) is 1. The number of ether oxygens (including phenoxy) is 2. The van der Waals surface area contributed by atoms with Crippen LogP contribution in [0.15, 0.2) is 18.2 Å². The van der Waals surface area contributed by atoms with Gasteiger partial charge >= 0.3 is 6.03 Å². The first-order chi connectivity index (χ1) is 24.3. The average Bonchev–Trinajstić information content (AvgIpc) is 3.41. The number of sulfonamides is 1. The van der Waals surface area contributed by atoms with Crippen molar-refractivity contribution >= 4 is 33.8 Å². The fourth-order valence-electron chi connectivity index (χ4n) is 7.10. The number of hydrogen-bond donors (Lipinski definition) is 4. The second-order valence-electron chi connectivity index (χ2n) is 17.2. The Morgan fingerprint density at radius 2 is 1.64 bits per heavy atom. The van der Waals surface area contributed by atoms with E-state index in [1.807, 2.05) is 40.7 Å². The van der Waals surface area contributed by atoms with E-state index in [1.165, 1.54) is 11.9 Å². The Hall–Kier alpha value is -3.73. The van der Waals surface area contributed by atoms with Crippen molar-refractivity contribution < 1.29 is 45.9 Å². The summed E-state index contributed by atoms with van der Waals surface area (Å²) in [5.41, 5.74) is -0.890. The maximum absolute atomic E-state index is 14.4. The summed E-state index contributed by atoms with van der Waals surface area (Å²) < 4.78 is 63.6. The van der Waals surface area contributed by atoms with E-state index < -0.39 is 81.6 Å². The summed E-state index contributed by atoms with van der Waals surface area (Å²) in [5, 5.41) is 10.8. The lowest BCUT2D eigenvalue weighted by molar-refractivity contribution is -0.144. The quantitative estimate of drug-likeness (QED) is 0.224. The molecule has 0 aromatic heterocycles. The Morgan fingerprint density at radius 3 is 2.23 bits per heavy atom. The molecular formula is C36H56F2N6O8S. The minimum absolute atomic E-state index is 0.0114. The third-order valence-electron chi connectivity index (χ3n) is 10.7. The summed E-state index contributed by atoms with van der Waals surface area (Å²) in [6.07, 6.45) is -2.37. The highest BCUT2D eigenvalue weighted by atomic mass is 32.2. The van der Waals surface area contributed by atoms with Crippen molar-refractivity contribution in [2.45, 2.75) is 98.8 Å². The van der Waals surface area contributed by atoms with Crippen molar-refractivity contribution in [3.8, 4) is 11.5 Å². The van der Waals surface area contributed by atoms with Crippen molar-refractivity contribution in [3.05, 3.63) is 23.8 Å². The largest absolute Gasteiger partial charge is 0.454 e. The van der Waals surface area contributed by atoms with Crippen LogP contribution in [0.2, 0.25) is 0 Å². The fourth-order valence-corrected chi connectivity index (χ4v) is 7.52. The maximum Gasteiger partial charge on any atom is 0.315 e. The first kappa shape index (κ1) is 42.0. The van der Waals surface area contributed by atoms with Gasteiger partial charge in [0.15, 0.2) is 11.5 Å². The number of halogens is 2. The molecule has 0 unspecified atom stereocenters. The van der Waals surface area contributed by atoms with Gasteiger partial charge in [0.1, 0.15) is 18.1 Å². The number of piperidine rings is 1. The zero-order chi connectivity index (χ0) is 39.8. The second-order valence-corrected chi connectivity index (χ2v) is 19.3. The molecule has 4 rings (SSSR count). The maximum atomic E-state index is 14.4. The Morgan fingerprint density at radius 1 is 1.00 bits per heavy atom. The van der Waals surface area contributed by atoms with Gasteiger partial charge in [-0.1, -0.05) is 61.5 Å². The number of likely N-dealkylation sites (N-methyl/N-ethyl adjacent to an activating group) is 1. The Kier molecular flexibility index (Phi) is 12.3. The Bertz CT molecular complexity index is 1660. The van der Waals surface area contributed by atoms with E-state index in [0.29, 0.717) is 17.9 Å². The van der Waals surface area contributed by atoms with Crippen LogP contribution in [0.4, 0.5) is 13.6 Å². The number of rotatable bonds is 14. The molecule has 3 aliphatic rings. The van der Waals surface area contributed by atoms with Crippen LogP contribution >= 0.6 is 0 Å². The summed E-state index contributed by atoms with van der Waals surface area (Å²) in [5.74, 6) is -1.20. The molecule has 0 bridgehead atoms. The van der Waals surface area contributed by atoms with E-state index in [9.17, 15) is 36.4 Å². The first-order valence-electron chi connectivity index (χ1n) is 17.9. The number of benzene rings is 1. The third kappa shape index (κ3) is 10.1.